The van der Waals surface area contributed by atoms with Gasteiger partial charge < -0.3 is 10.1 Å². The predicted octanol–water partition coefficient (Wildman–Crippen LogP) is 1.64. The number of aliphatic hydroxyl groups is 1. The number of aryl methyl sites for hydroxylation is 1. The summed E-state index contributed by atoms with van der Waals surface area (Å²) in [5, 5.41) is 8.98. The van der Waals surface area contributed by atoms with Crippen LogP contribution in [0.2, 0.25) is 0 Å². The average Bonchev–Trinajstić information content (AvgIpc) is 2.90. The van der Waals surface area contributed by atoms with Gasteiger partial charge in [-0.15, -0.1) is 0 Å². The maximum absolute atomic E-state index is 12.4. The second-order valence-corrected chi connectivity index (χ2v) is 6.81. The number of rotatable bonds is 5. The molecule has 5 nitrogen and oxygen atoms in total. The van der Waals surface area contributed by atoms with Gasteiger partial charge in [0, 0.05) is 25.5 Å². The van der Waals surface area contributed by atoms with Gasteiger partial charge >= 0.3 is 0 Å². The summed E-state index contributed by atoms with van der Waals surface area (Å²) in [5.41, 5.74) is 2.55. The zero-order chi connectivity index (χ0) is 14.8. The molecule has 20 heavy (non-hydrogen) atoms. The summed E-state index contributed by atoms with van der Waals surface area (Å²) in [7, 11) is -2.00. The molecule has 6 heteroatoms. The molecule has 2 N–H and O–H groups in total. The predicted molar refractivity (Wildman–Crippen MR) is 76.5 cm³/mol. The van der Waals surface area contributed by atoms with E-state index in [-0.39, 0.29) is 11.5 Å². The number of benzene rings is 1. The minimum absolute atomic E-state index is 0.163. The van der Waals surface area contributed by atoms with Crippen LogP contribution >= 0.6 is 0 Å². The van der Waals surface area contributed by atoms with Gasteiger partial charge in [0.2, 0.25) is 10.0 Å². The molecule has 0 spiro atoms. The highest BCUT2D eigenvalue weighted by atomic mass is 32.2. The number of aromatic nitrogens is 1. The Bertz CT molecular complexity index is 675. The Labute approximate surface area is 118 Å². The summed E-state index contributed by atoms with van der Waals surface area (Å²) in [6.45, 7) is 2.08. The molecule has 2 aromatic rings. The quantitative estimate of drug-likeness (QED) is 0.880. The van der Waals surface area contributed by atoms with Gasteiger partial charge in [-0.2, -0.15) is 4.31 Å². The van der Waals surface area contributed by atoms with Crippen LogP contribution in [0, 0.1) is 6.92 Å². The van der Waals surface area contributed by atoms with Crippen molar-refractivity contribution in [3.8, 4) is 0 Å². The number of nitrogens with zero attached hydrogens (tertiary/aromatic N) is 1. The van der Waals surface area contributed by atoms with Crippen LogP contribution in [0.4, 0.5) is 0 Å². The molecule has 0 saturated carbocycles. The van der Waals surface area contributed by atoms with Crippen molar-refractivity contribution >= 4 is 10.0 Å². The van der Waals surface area contributed by atoms with Crippen LogP contribution < -0.4 is 0 Å². The minimum Gasteiger partial charge on any atom is -0.390 e. The summed E-state index contributed by atoms with van der Waals surface area (Å²) in [4.78, 5) is 2.90. The number of aliphatic hydroxyl groups excluding tert-OH is 1. The molecule has 0 aliphatic heterocycles. The van der Waals surface area contributed by atoms with Crippen molar-refractivity contribution < 1.29 is 13.5 Å². The lowest BCUT2D eigenvalue weighted by molar-refractivity contribution is 0.277. The maximum Gasteiger partial charge on any atom is 0.244 e. The SMILES string of the molecule is Cc1ccc(CN(C)S(=O)(=O)c2c[nH]c(CO)c2)cc1. The van der Waals surface area contributed by atoms with Gasteiger partial charge in [0.05, 0.1) is 11.5 Å². The van der Waals surface area contributed by atoms with Crippen LogP contribution in [-0.2, 0) is 23.2 Å². The monoisotopic (exact) mass is 294 g/mol. The van der Waals surface area contributed by atoms with E-state index in [4.69, 9.17) is 5.11 Å². The van der Waals surface area contributed by atoms with Crippen molar-refractivity contribution in [1.82, 2.24) is 9.29 Å². The van der Waals surface area contributed by atoms with Crippen molar-refractivity contribution in [2.45, 2.75) is 25.0 Å². The Morgan fingerprint density at radius 3 is 2.45 bits per heavy atom. The fraction of sp³-hybridized carbons (Fsp3) is 0.286. The van der Waals surface area contributed by atoms with E-state index in [1.54, 1.807) is 7.05 Å². The molecule has 108 valence electrons. The minimum atomic E-state index is -3.55. The number of hydrogen-bond donors (Lipinski definition) is 2. The van der Waals surface area contributed by atoms with E-state index < -0.39 is 10.0 Å². The fourth-order valence-corrected chi connectivity index (χ4v) is 3.05. The van der Waals surface area contributed by atoms with Gasteiger partial charge in [-0.3, -0.25) is 0 Å². The van der Waals surface area contributed by atoms with Crippen LogP contribution in [-0.4, -0.2) is 29.9 Å². The van der Waals surface area contributed by atoms with Crippen molar-refractivity contribution in [3.05, 3.63) is 53.3 Å². The molecule has 0 bridgehead atoms. The molecular weight excluding hydrogens is 276 g/mol. The molecule has 0 atom stereocenters. The Hall–Kier alpha value is -1.63. The summed E-state index contributed by atoms with van der Waals surface area (Å²) in [5.74, 6) is 0. The lowest BCUT2D eigenvalue weighted by Gasteiger charge is -2.16. The summed E-state index contributed by atoms with van der Waals surface area (Å²) in [6.07, 6.45) is 1.40. The third kappa shape index (κ3) is 3.09. The second-order valence-electron chi connectivity index (χ2n) is 4.77. The molecule has 0 amide bonds. The summed E-state index contributed by atoms with van der Waals surface area (Å²) >= 11 is 0. The zero-order valence-electron chi connectivity index (χ0n) is 11.5. The molecule has 0 radical (unpaired) electrons. The molecule has 1 aromatic heterocycles. The van der Waals surface area contributed by atoms with Gasteiger partial charge in [-0.05, 0) is 18.6 Å². The van der Waals surface area contributed by atoms with Crippen LogP contribution in [0.3, 0.4) is 0 Å². The molecule has 0 aliphatic rings. The zero-order valence-corrected chi connectivity index (χ0v) is 12.3. The van der Waals surface area contributed by atoms with E-state index in [0.717, 1.165) is 11.1 Å². The van der Waals surface area contributed by atoms with Gasteiger partial charge in [-0.1, -0.05) is 29.8 Å². The first-order chi connectivity index (χ1) is 9.43. The molecule has 0 unspecified atom stereocenters. The van der Waals surface area contributed by atoms with E-state index in [9.17, 15) is 8.42 Å². The van der Waals surface area contributed by atoms with E-state index in [2.05, 4.69) is 4.98 Å². The standard InChI is InChI=1S/C14H18N2O3S/c1-11-3-5-12(6-4-11)9-16(2)20(18,19)14-7-13(10-17)15-8-14/h3-8,15,17H,9-10H2,1-2H3. The van der Waals surface area contributed by atoms with Crippen LogP contribution in [0.1, 0.15) is 16.8 Å². The molecule has 0 aliphatic carbocycles. The Morgan fingerprint density at radius 1 is 1.25 bits per heavy atom. The number of hydrogen-bond acceptors (Lipinski definition) is 3. The molecule has 0 saturated heterocycles. The van der Waals surface area contributed by atoms with E-state index in [1.165, 1.54) is 16.6 Å². The first kappa shape index (κ1) is 14.8. The first-order valence-corrected chi connectivity index (χ1v) is 7.67. The van der Waals surface area contributed by atoms with Gasteiger partial charge in [0.1, 0.15) is 0 Å². The first-order valence-electron chi connectivity index (χ1n) is 6.23. The lowest BCUT2D eigenvalue weighted by atomic mass is 10.1. The molecular formula is C14H18N2O3S. The highest BCUT2D eigenvalue weighted by Gasteiger charge is 2.22. The average molecular weight is 294 g/mol. The van der Waals surface area contributed by atoms with Crippen molar-refractivity contribution in [2.24, 2.45) is 0 Å². The van der Waals surface area contributed by atoms with E-state index >= 15 is 0 Å². The summed E-state index contributed by atoms with van der Waals surface area (Å²) in [6, 6.07) is 9.18. The second kappa shape index (κ2) is 5.78. The topological polar surface area (TPSA) is 73.4 Å². The van der Waals surface area contributed by atoms with Crippen molar-refractivity contribution in [2.75, 3.05) is 7.05 Å². The van der Waals surface area contributed by atoms with Gasteiger partial charge in [0.25, 0.3) is 0 Å². The Kier molecular flexibility index (Phi) is 4.27. The van der Waals surface area contributed by atoms with Crippen LogP contribution in [0.15, 0.2) is 41.4 Å². The normalized spacial score (nSPS) is 12.0. The van der Waals surface area contributed by atoms with Crippen LogP contribution in [0.5, 0.6) is 0 Å². The molecule has 1 heterocycles. The third-order valence-electron chi connectivity index (χ3n) is 3.12. The number of sulfonamides is 1. The number of nitrogens with one attached hydrogen (secondary N) is 1. The molecule has 0 fully saturated rings. The van der Waals surface area contributed by atoms with Gasteiger partial charge in [-0.25, -0.2) is 8.42 Å². The largest absolute Gasteiger partial charge is 0.390 e. The lowest BCUT2D eigenvalue weighted by Crippen LogP contribution is -2.26. The number of aromatic amines is 1. The smallest absolute Gasteiger partial charge is 0.244 e. The highest BCUT2D eigenvalue weighted by molar-refractivity contribution is 7.89. The number of H-pyrrole nitrogens is 1. The maximum atomic E-state index is 12.4. The Morgan fingerprint density at radius 2 is 1.90 bits per heavy atom. The van der Waals surface area contributed by atoms with Crippen LogP contribution in [0.25, 0.3) is 0 Å². The fourth-order valence-electron chi connectivity index (χ4n) is 1.87. The van der Waals surface area contributed by atoms with Crippen molar-refractivity contribution in [3.63, 3.8) is 0 Å². The van der Waals surface area contributed by atoms with Gasteiger partial charge in [0.15, 0.2) is 0 Å². The van der Waals surface area contributed by atoms with E-state index in [0.29, 0.717) is 12.2 Å². The molecule has 1 aromatic carbocycles. The molecule has 2 rings (SSSR count). The Balaban J connectivity index is 2.18. The van der Waals surface area contributed by atoms with E-state index in [1.807, 2.05) is 31.2 Å². The summed E-state index contributed by atoms with van der Waals surface area (Å²) < 4.78 is 26.0. The van der Waals surface area contributed by atoms with Crippen molar-refractivity contribution in [1.29, 1.82) is 0 Å². The third-order valence-corrected chi connectivity index (χ3v) is 4.90. The highest BCUT2D eigenvalue weighted by Crippen LogP contribution is 2.18.